The standard InChI is InChI=1S/C17H21NO/c19-16-14(13-18-15-8-2-1-3-9-15)7-6-12-17(16)10-4-5-11-17/h1-3,8-9,13-14H,4-7,10-12H2. The number of Topliss-reactive ketones (excluding diaryl/α,β-unsaturated/α-hetero) is 1. The van der Waals surface area contributed by atoms with Crippen molar-refractivity contribution in [3.63, 3.8) is 0 Å². The molecule has 3 rings (SSSR count). The minimum Gasteiger partial charge on any atom is -0.298 e. The van der Waals surface area contributed by atoms with Crippen molar-refractivity contribution in [1.82, 2.24) is 0 Å². The largest absolute Gasteiger partial charge is 0.298 e. The maximum absolute atomic E-state index is 12.7. The van der Waals surface area contributed by atoms with Gasteiger partial charge >= 0.3 is 0 Å². The zero-order valence-corrected chi connectivity index (χ0v) is 11.3. The van der Waals surface area contributed by atoms with Crippen LogP contribution in [-0.4, -0.2) is 12.0 Å². The Morgan fingerprint density at radius 2 is 1.74 bits per heavy atom. The Morgan fingerprint density at radius 3 is 2.47 bits per heavy atom. The summed E-state index contributed by atoms with van der Waals surface area (Å²) >= 11 is 0. The summed E-state index contributed by atoms with van der Waals surface area (Å²) in [6, 6.07) is 9.91. The Morgan fingerprint density at radius 1 is 1.05 bits per heavy atom. The summed E-state index contributed by atoms with van der Waals surface area (Å²) in [6.07, 6.45) is 9.86. The van der Waals surface area contributed by atoms with Crippen molar-refractivity contribution in [2.45, 2.75) is 44.9 Å². The smallest absolute Gasteiger partial charge is 0.147 e. The fraction of sp³-hybridized carbons (Fsp3) is 0.529. The molecule has 2 aliphatic rings. The molecule has 0 aliphatic heterocycles. The monoisotopic (exact) mass is 255 g/mol. The van der Waals surface area contributed by atoms with Gasteiger partial charge in [-0.25, -0.2) is 0 Å². The second-order valence-electron chi connectivity index (χ2n) is 5.96. The van der Waals surface area contributed by atoms with E-state index in [9.17, 15) is 4.79 Å². The van der Waals surface area contributed by atoms with E-state index in [0.29, 0.717) is 5.78 Å². The lowest BCUT2D eigenvalue weighted by Crippen LogP contribution is -2.38. The fourth-order valence-corrected chi connectivity index (χ4v) is 3.69. The Kier molecular flexibility index (Phi) is 3.50. The van der Waals surface area contributed by atoms with Gasteiger partial charge in [-0.15, -0.1) is 0 Å². The number of aliphatic imine (C=N–C) groups is 1. The van der Waals surface area contributed by atoms with E-state index in [4.69, 9.17) is 0 Å². The van der Waals surface area contributed by atoms with Crippen LogP contribution in [0.4, 0.5) is 5.69 Å². The summed E-state index contributed by atoms with van der Waals surface area (Å²) in [4.78, 5) is 17.2. The van der Waals surface area contributed by atoms with Crippen LogP contribution in [0.2, 0.25) is 0 Å². The quantitative estimate of drug-likeness (QED) is 0.724. The van der Waals surface area contributed by atoms with Crippen molar-refractivity contribution in [2.75, 3.05) is 0 Å². The molecule has 0 saturated heterocycles. The molecule has 0 heterocycles. The highest BCUT2D eigenvalue weighted by molar-refractivity contribution is 5.99. The summed E-state index contributed by atoms with van der Waals surface area (Å²) in [6.45, 7) is 0. The average molecular weight is 255 g/mol. The first-order valence-electron chi connectivity index (χ1n) is 7.44. The van der Waals surface area contributed by atoms with E-state index in [1.807, 2.05) is 36.5 Å². The molecule has 2 aliphatic carbocycles. The van der Waals surface area contributed by atoms with Crippen LogP contribution in [0, 0.1) is 11.3 Å². The summed E-state index contributed by atoms with van der Waals surface area (Å²) < 4.78 is 0. The summed E-state index contributed by atoms with van der Waals surface area (Å²) in [5.74, 6) is 0.517. The van der Waals surface area contributed by atoms with Gasteiger partial charge in [0.2, 0.25) is 0 Å². The van der Waals surface area contributed by atoms with Gasteiger partial charge in [-0.2, -0.15) is 0 Å². The molecule has 1 aromatic carbocycles. The van der Waals surface area contributed by atoms with E-state index in [2.05, 4.69) is 4.99 Å². The van der Waals surface area contributed by atoms with Crippen molar-refractivity contribution in [1.29, 1.82) is 0 Å². The van der Waals surface area contributed by atoms with Gasteiger partial charge in [0.15, 0.2) is 0 Å². The molecule has 2 saturated carbocycles. The normalized spacial score (nSPS) is 26.3. The van der Waals surface area contributed by atoms with Crippen LogP contribution in [0.15, 0.2) is 35.3 Å². The highest BCUT2D eigenvalue weighted by Crippen LogP contribution is 2.48. The van der Waals surface area contributed by atoms with Crippen LogP contribution in [0.5, 0.6) is 0 Å². The highest BCUT2D eigenvalue weighted by atomic mass is 16.1. The topological polar surface area (TPSA) is 29.4 Å². The zero-order valence-electron chi connectivity index (χ0n) is 11.3. The molecule has 2 heteroatoms. The van der Waals surface area contributed by atoms with Gasteiger partial charge < -0.3 is 0 Å². The van der Waals surface area contributed by atoms with Gasteiger partial charge in [0.1, 0.15) is 5.78 Å². The predicted molar refractivity (Wildman–Crippen MR) is 77.8 cm³/mol. The molecule has 1 unspecified atom stereocenters. The molecule has 2 fully saturated rings. The van der Waals surface area contributed by atoms with Crippen LogP contribution in [0.25, 0.3) is 0 Å². The number of hydrogen-bond acceptors (Lipinski definition) is 2. The molecular weight excluding hydrogens is 234 g/mol. The molecule has 1 spiro atoms. The molecule has 19 heavy (non-hydrogen) atoms. The number of para-hydroxylation sites is 1. The van der Waals surface area contributed by atoms with E-state index in [1.165, 1.54) is 19.3 Å². The summed E-state index contributed by atoms with van der Waals surface area (Å²) in [5, 5.41) is 0. The van der Waals surface area contributed by atoms with Gasteiger partial charge in [-0.3, -0.25) is 9.79 Å². The first-order valence-corrected chi connectivity index (χ1v) is 7.44. The maximum Gasteiger partial charge on any atom is 0.147 e. The van der Waals surface area contributed by atoms with Crippen LogP contribution in [0.3, 0.4) is 0 Å². The molecule has 0 radical (unpaired) electrons. The second kappa shape index (κ2) is 5.28. The molecule has 1 aromatic rings. The van der Waals surface area contributed by atoms with E-state index < -0.39 is 0 Å². The Bertz CT molecular complexity index is 471. The molecule has 100 valence electrons. The van der Waals surface area contributed by atoms with Crippen LogP contribution >= 0.6 is 0 Å². The van der Waals surface area contributed by atoms with Crippen molar-refractivity contribution >= 4 is 17.7 Å². The number of rotatable bonds is 2. The van der Waals surface area contributed by atoms with Gasteiger partial charge in [-0.1, -0.05) is 37.5 Å². The zero-order chi connectivity index (χ0) is 13.1. The Balaban J connectivity index is 1.74. The number of carbonyl (C=O) groups excluding carboxylic acids is 1. The lowest BCUT2D eigenvalue weighted by molar-refractivity contribution is -0.133. The summed E-state index contributed by atoms with van der Waals surface area (Å²) in [7, 11) is 0. The van der Waals surface area contributed by atoms with Gasteiger partial charge in [-0.05, 0) is 37.8 Å². The van der Waals surface area contributed by atoms with E-state index in [1.54, 1.807) is 0 Å². The van der Waals surface area contributed by atoms with Crippen molar-refractivity contribution in [3.8, 4) is 0 Å². The molecule has 1 atom stereocenters. The van der Waals surface area contributed by atoms with Gasteiger partial charge in [0.25, 0.3) is 0 Å². The van der Waals surface area contributed by atoms with Crippen molar-refractivity contribution in [3.05, 3.63) is 30.3 Å². The minimum absolute atomic E-state index is 0.0195. The fourth-order valence-electron chi connectivity index (χ4n) is 3.69. The number of ketones is 1. The third-order valence-electron chi connectivity index (χ3n) is 4.75. The number of benzene rings is 1. The third kappa shape index (κ3) is 2.49. The van der Waals surface area contributed by atoms with E-state index in [-0.39, 0.29) is 11.3 Å². The van der Waals surface area contributed by atoms with Crippen LogP contribution < -0.4 is 0 Å². The maximum atomic E-state index is 12.7. The molecule has 0 amide bonds. The number of hydrogen-bond donors (Lipinski definition) is 0. The Hall–Kier alpha value is -1.44. The van der Waals surface area contributed by atoms with E-state index >= 15 is 0 Å². The minimum atomic E-state index is 0.0195. The van der Waals surface area contributed by atoms with Crippen LogP contribution in [0.1, 0.15) is 44.9 Å². The predicted octanol–water partition coefficient (Wildman–Crippen LogP) is 4.32. The molecular formula is C17H21NO. The number of carbonyl (C=O) groups is 1. The lowest BCUT2D eigenvalue weighted by atomic mass is 9.68. The average Bonchev–Trinajstić information content (AvgIpc) is 2.91. The molecule has 0 aromatic heterocycles. The Labute approximate surface area is 114 Å². The van der Waals surface area contributed by atoms with E-state index in [0.717, 1.165) is 31.4 Å². The lowest BCUT2D eigenvalue weighted by Gasteiger charge is -2.35. The SMILES string of the molecule is O=C1C(C=Nc2ccccc2)CCCC12CCCC2. The van der Waals surface area contributed by atoms with Gasteiger partial charge in [0.05, 0.1) is 11.6 Å². The van der Waals surface area contributed by atoms with Crippen LogP contribution in [-0.2, 0) is 4.79 Å². The summed E-state index contributed by atoms with van der Waals surface area (Å²) in [5.41, 5.74) is 0.965. The molecule has 0 N–H and O–H groups in total. The molecule has 2 nitrogen and oxygen atoms in total. The third-order valence-corrected chi connectivity index (χ3v) is 4.75. The molecule has 0 bridgehead atoms. The van der Waals surface area contributed by atoms with Crippen molar-refractivity contribution in [2.24, 2.45) is 16.3 Å². The first-order chi connectivity index (χ1) is 9.30. The first kappa shape index (κ1) is 12.6. The highest BCUT2D eigenvalue weighted by Gasteiger charge is 2.45. The van der Waals surface area contributed by atoms with Gasteiger partial charge in [0, 0.05) is 11.6 Å². The second-order valence-corrected chi connectivity index (χ2v) is 5.96. The number of nitrogens with zero attached hydrogens (tertiary/aromatic N) is 1. The van der Waals surface area contributed by atoms with Crippen molar-refractivity contribution < 1.29 is 4.79 Å².